The van der Waals surface area contributed by atoms with Gasteiger partial charge < -0.3 is 21.1 Å². The lowest BCUT2D eigenvalue weighted by molar-refractivity contribution is -0.275. The molecule has 1 heterocycles. The molecule has 1 fully saturated rings. The second kappa shape index (κ2) is 9.46. The van der Waals surface area contributed by atoms with Crippen LogP contribution in [0.2, 0.25) is 0 Å². The lowest BCUT2D eigenvalue weighted by atomic mass is 10.1. The highest BCUT2D eigenvalue weighted by Crippen LogP contribution is 2.26. The first-order valence-corrected chi connectivity index (χ1v) is 7.68. The molecule has 26 heavy (non-hydrogen) atoms. The SMILES string of the molecule is Cl.NC(=NCc1ccc(OC(F)(F)F)c(F)c1)N=C(N)N1CCCCC1. The fourth-order valence-corrected chi connectivity index (χ4v) is 2.37. The smallest absolute Gasteiger partial charge is 0.403 e. The molecular formula is C15H20ClF4N5O. The van der Waals surface area contributed by atoms with Gasteiger partial charge in [0.15, 0.2) is 17.5 Å². The number of rotatable bonds is 3. The number of hydrogen-bond acceptors (Lipinski definition) is 2. The molecule has 146 valence electrons. The van der Waals surface area contributed by atoms with E-state index in [0.717, 1.165) is 44.5 Å². The normalized spacial score (nSPS) is 16.2. The number of halogens is 5. The fourth-order valence-electron chi connectivity index (χ4n) is 2.37. The van der Waals surface area contributed by atoms with Gasteiger partial charge in [0.25, 0.3) is 0 Å². The molecule has 4 N–H and O–H groups in total. The van der Waals surface area contributed by atoms with Gasteiger partial charge in [-0.2, -0.15) is 4.99 Å². The molecule has 0 aromatic heterocycles. The Labute approximate surface area is 154 Å². The van der Waals surface area contributed by atoms with Crippen molar-refractivity contribution in [3.05, 3.63) is 29.6 Å². The number of guanidine groups is 2. The van der Waals surface area contributed by atoms with Gasteiger partial charge in [-0.1, -0.05) is 6.07 Å². The standard InChI is InChI=1S/C15H19F4N5O.ClH/c16-11-8-10(4-5-12(11)25-15(17,18)19)9-22-13(20)23-14(21)24-6-2-1-3-7-24;/h4-5,8H,1-3,6-7,9H2,(H4,20,21,22,23);1H. The first-order valence-electron chi connectivity index (χ1n) is 7.68. The summed E-state index contributed by atoms with van der Waals surface area (Å²) in [6, 6.07) is 3.05. The second-order valence-corrected chi connectivity index (χ2v) is 5.50. The van der Waals surface area contributed by atoms with E-state index in [1.807, 2.05) is 4.90 Å². The van der Waals surface area contributed by atoms with E-state index in [9.17, 15) is 17.6 Å². The van der Waals surface area contributed by atoms with Crippen LogP contribution in [0.3, 0.4) is 0 Å². The predicted octanol–water partition coefficient (Wildman–Crippen LogP) is 2.76. The Balaban J connectivity index is 0.00000338. The van der Waals surface area contributed by atoms with Crippen LogP contribution in [-0.4, -0.2) is 36.3 Å². The average molecular weight is 398 g/mol. The fraction of sp³-hybridized carbons (Fsp3) is 0.467. The van der Waals surface area contributed by atoms with Crippen molar-refractivity contribution in [3.8, 4) is 5.75 Å². The van der Waals surface area contributed by atoms with Crippen LogP contribution in [0, 0.1) is 5.82 Å². The minimum Gasteiger partial charge on any atom is -0.403 e. The summed E-state index contributed by atoms with van der Waals surface area (Å²) in [7, 11) is 0. The Hall–Kier alpha value is -2.23. The quantitative estimate of drug-likeness (QED) is 0.466. The van der Waals surface area contributed by atoms with Crippen LogP contribution >= 0.6 is 12.4 Å². The third kappa shape index (κ3) is 6.95. The first kappa shape index (κ1) is 21.8. The summed E-state index contributed by atoms with van der Waals surface area (Å²) in [6.07, 6.45) is -1.75. The maximum Gasteiger partial charge on any atom is 0.573 e. The van der Waals surface area contributed by atoms with Gasteiger partial charge in [-0.15, -0.1) is 25.6 Å². The lowest BCUT2D eigenvalue weighted by Crippen LogP contribution is -2.41. The van der Waals surface area contributed by atoms with Crippen molar-refractivity contribution >= 4 is 24.3 Å². The van der Waals surface area contributed by atoms with E-state index in [4.69, 9.17) is 11.5 Å². The third-order valence-corrected chi connectivity index (χ3v) is 3.55. The maximum absolute atomic E-state index is 13.6. The monoisotopic (exact) mass is 397 g/mol. The minimum absolute atomic E-state index is 0. The molecule has 11 heteroatoms. The van der Waals surface area contributed by atoms with E-state index in [0.29, 0.717) is 5.56 Å². The van der Waals surface area contributed by atoms with Gasteiger partial charge in [0, 0.05) is 13.1 Å². The number of benzene rings is 1. The van der Waals surface area contributed by atoms with E-state index in [-0.39, 0.29) is 30.9 Å². The van der Waals surface area contributed by atoms with Crippen molar-refractivity contribution in [2.75, 3.05) is 13.1 Å². The molecule has 0 saturated carbocycles. The molecule has 2 rings (SSSR count). The molecule has 0 aliphatic carbocycles. The highest BCUT2D eigenvalue weighted by molar-refractivity contribution is 5.93. The summed E-state index contributed by atoms with van der Waals surface area (Å²) < 4.78 is 53.4. The van der Waals surface area contributed by atoms with Gasteiger partial charge in [-0.25, -0.2) is 9.38 Å². The van der Waals surface area contributed by atoms with Gasteiger partial charge in [0.2, 0.25) is 5.96 Å². The molecular weight excluding hydrogens is 378 g/mol. The topological polar surface area (TPSA) is 89.2 Å². The molecule has 0 bridgehead atoms. The van der Waals surface area contributed by atoms with Crippen molar-refractivity contribution < 1.29 is 22.3 Å². The van der Waals surface area contributed by atoms with Crippen molar-refractivity contribution in [2.24, 2.45) is 21.5 Å². The Morgan fingerprint density at radius 3 is 2.38 bits per heavy atom. The van der Waals surface area contributed by atoms with Crippen molar-refractivity contribution in [1.29, 1.82) is 0 Å². The van der Waals surface area contributed by atoms with E-state index in [2.05, 4.69) is 14.7 Å². The molecule has 6 nitrogen and oxygen atoms in total. The molecule has 0 radical (unpaired) electrons. The van der Waals surface area contributed by atoms with Gasteiger partial charge in [0.1, 0.15) is 0 Å². The van der Waals surface area contributed by atoms with E-state index >= 15 is 0 Å². The number of ether oxygens (including phenoxy) is 1. The number of aliphatic imine (C=N–C) groups is 2. The summed E-state index contributed by atoms with van der Waals surface area (Å²) in [5.41, 5.74) is 11.8. The van der Waals surface area contributed by atoms with Crippen LogP contribution in [-0.2, 0) is 6.54 Å². The second-order valence-electron chi connectivity index (χ2n) is 5.50. The third-order valence-electron chi connectivity index (χ3n) is 3.55. The number of piperidine rings is 1. The molecule has 0 spiro atoms. The number of nitrogens with zero attached hydrogens (tertiary/aromatic N) is 3. The van der Waals surface area contributed by atoms with Gasteiger partial charge in [-0.3, -0.25) is 0 Å². The molecule has 1 saturated heterocycles. The Morgan fingerprint density at radius 2 is 1.81 bits per heavy atom. The highest BCUT2D eigenvalue weighted by atomic mass is 35.5. The summed E-state index contributed by atoms with van der Waals surface area (Å²) in [6.45, 7) is 1.55. The van der Waals surface area contributed by atoms with Gasteiger partial charge in [0.05, 0.1) is 6.54 Å². The van der Waals surface area contributed by atoms with Crippen LogP contribution in [0.1, 0.15) is 24.8 Å². The molecule has 0 atom stereocenters. The van der Waals surface area contributed by atoms with E-state index in [1.54, 1.807) is 0 Å². The predicted molar refractivity (Wildman–Crippen MR) is 92.7 cm³/mol. The van der Waals surface area contributed by atoms with E-state index < -0.39 is 17.9 Å². The maximum atomic E-state index is 13.6. The summed E-state index contributed by atoms with van der Waals surface area (Å²) >= 11 is 0. The van der Waals surface area contributed by atoms with Gasteiger partial charge in [-0.05, 0) is 37.0 Å². The largest absolute Gasteiger partial charge is 0.573 e. The summed E-state index contributed by atoms with van der Waals surface area (Å²) in [5, 5.41) is 0. The zero-order valence-electron chi connectivity index (χ0n) is 13.8. The zero-order chi connectivity index (χ0) is 18.4. The molecule has 1 aliphatic heterocycles. The van der Waals surface area contributed by atoms with Crippen LogP contribution in [0.4, 0.5) is 17.6 Å². The molecule has 0 amide bonds. The zero-order valence-corrected chi connectivity index (χ0v) is 14.6. The van der Waals surface area contributed by atoms with Crippen LogP contribution < -0.4 is 16.2 Å². The molecule has 1 aromatic carbocycles. The van der Waals surface area contributed by atoms with Crippen LogP contribution in [0.25, 0.3) is 0 Å². The highest BCUT2D eigenvalue weighted by Gasteiger charge is 2.32. The average Bonchev–Trinajstić information content (AvgIpc) is 2.55. The van der Waals surface area contributed by atoms with Crippen molar-refractivity contribution in [1.82, 2.24) is 4.90 Å². The van der Waals surface area contributed by atoms with Crippen LogP contribution in [0.15, 0.2) is 28.2 Å². The van der Waals surface area contributed by atoms with Crippen molar-refractivity contribution in [2.45, 2.75) is 32.2 Å². The Bertz CT molecular complexity index is 660. The number of likely N-dealkylation sites (tertiary alicyclic amines) is 1. The number of nitrogens with two attached hydrogens (primary N) is 2. The first-order chi connectivity index (χ1) is 11.7. The van der Waals surface area contributed by atoms with E-state index in [1.165, 1.54) is 6.07 Å². The lowest BCUT2D eigenvalue weighted by Gasteiger charge is -2.27. The Kier molecular flexibility index (Phi) is 7.94. The van der Waals surface area contributed by atoms with Crippen molar-refractivity contribution in [3.63, 3.8) is 0 Å². The van der Waals surface area contributed by atoms with Crippen LogP contribution in [0.5, 0.6) is 5.75 Å². The number of hydrogen-bond donors (Lipinski definition) is 2. The van der Waals surface area contributed by atoms with Gasteiger partial charge >= 0.3 is 6.36 Å². The summed E-state index contributed by atoms with van der Waals surface area (Å²) in [4.78, 5) is 9.83. The molecule has 0 unspecified atom stereocenters. The molecule has 1 aromatic rings. The summed E-state index contributed by atoms with van der Waals surface area (Å²) in [5.74, 6) is -1.86. The minimum atomic E-state index is -4.95. The number of alkyl halides is 3. The Morgan fingerprint density at radius 1 is 1.15 bits per heavy atom. The molecule has 1 aliphatic rings.